The molecule has 0 spiro atoms. The molecule has 0 fully saturated rings. The molecule has 0 unspecified atom stereocenters. The first kappa shape index (κ1) is 20.0. The van der Waals surface area contributed by atoms with Gasteiger partial charge in [-0.2, -0.15) is 0 Å². The molecule has 132 valence electrons. The summed E-state index contributed by atoms with van der Waals surface area (Å²) >= 11 is 0. The Balaban J connectivity index is 2.38. The quantitative estimate of drug-likeness (QED) is 0.434. The molecule has 0 radical (unpaired) electrons. The minimum atomic E-state index is -0.0491. The second-order valence-corrected chi connectivity index (χ2v) is 5.75. The first-order valence-electron chi connectivity index (χ1n) is 8.66. The summed E-state index contributed by atoms with van der Waals surface area (Å²) in [5.74, 6) is 0.788. The van der Waals surface area contributed by atoms with Crippen molar-refractivity contribution in [2.75, 3.05) is 31.6 Å². The van der Waals surface area contributed by atoms with Crippen LogP contribution in [0.1, 0.15) is 32.6 Å². The lowest BCUT2D eigenvalue weighted by atomic mass is 10.2. The molecule has 0 aromatic heterocycles. The highest BCUT2D eigenvalue weighted by Gasteiger charge is 2.08. The fourth-order valence-electron chi connectivity index (χ4n) is 2.33. The molecule has 4 nitrogen and oxygen atoms in total. The van der Waals surface area contributed by atoms with Gasteiger partial charge in [0, 0.05) is 18.8 Å². The van der Waals surface area contributed by atoms with E-state index in [1.165, 1.54) is 19.3 Å². The van der Waals surface area contributed by atoms with E-state index in [0.717, 1.165) is 24.5 Å². The lowest BCUT2D eigenvalue weighted by Gasteiger charge is -2.18. The summed E-state index contributed by atoms with van der Waals surface area (Å²) in [4.78, 5) is 14.0. The van der Waals surface area contributed by atoms with Crippen LogP contribution in [0.3, 0.4) is 0 Å². The SMILES string of the molecule is C=CCN(CC=C)CC(=O)Nc1ccc(OCCCCCC)cc1. The molecule has 1 N–H and O–H groups in total. The number of unbranched alkanes of at least 4 members (excludes halogenated alkanes) is 3. The Morgan fingerprint density at radius 3 is 2.38 bits per heavy atom. The number of hydrogen-bond acceptors (Lipinski definition) is 3. The average Bonchev–Trinajstić information content (AvgIpc) is 2.56. The van der Waals surface area contributed by atoms with Crippen molar-refractivity contribution < 1.29 is 9.53 Å². The Hall–Kier alpha value is -2.07. The molecular weight excluding hydrogens is 300 g/mol. The van der Waals surface area contributed by atoms with Gasteiger partial charge in [0.15, 0.2) is 0 Å². The van der Waals surface area contributed by atoms with Crippen molar-refractivity contribution in [1.82, 2.24) is 4.90 Å². The summed E-state index contributed by atoms with van der Waals surface area (Å²) in [7, 11) is 0. The van der Waals surface area contributed by atoms with Gasteiger partial charge in [-0.3, -0.25) is 9.69 Å². The van der Waals surface area contributed by atoms with Crippen molar-refractivity contribution in [2.24, 2.45) is 0 Å². The van der Waals surface area contributed by atoms with Crippen LogP contribution in [-0.2, 0) is 4.79 Å². The van der Waals surface area contributed by atoms with Gasteiger partial charge in [-0.1, -0.05) is 38.3 Å². The van der Waals surface area contributed by atoms with Gasteiger partial charge >= 0.3 is 0 Å². The highest BCUT2D eigenvalue weighted by Crippen LogP contribution is 2.16. The van der Waals surface area contributed by atoms with Gasteiger partial charge in [0.25, 0.3) is 0 Å². The van der Waals surface area contributed by atoms with Crippen LogP contribution in [0.4, 0.5) is 5.69 Å². The molecule has 0 saturated carbocycles. The third-order valence-electron chi connectivity index (χ3n) is 3.55. The van der Waals surface area contributed by atoms with E-state index < -0.39 is 0 Å². The number of carbonyl (C=O) groups is 1. The third kappa shape index (κ3) is 8.53. The lowest BCUT2D eigenvalue weighted by molar-refractivity contribution is -0.117. The monoisotopic (exact) mass is 330 g/mol. The number of benzene rings is 1. The highest BCUT2D eigenvalue weighted by molar-refractivity contribution is 5.92. The molecule has 0 heterocycles. The zero-order valence-corrected chi connectivity index (χ0v) is 14.8. The van der Waals surface area contributed by atoms with Gasteiger partial charge in [-0.25, -0.2) is 0 Å². The van der Waals surface area contributed by atoms with Gasteiger partial charge < -0.3 is 10.1 Å². The van der Waals surface area contributed by atoms with Crippen LogP contribution in [-0.4, -0.2) is 37.0 Å². The predicted molar refractivity (Wildman–Crippen MR) is 102 cm³/mol. The second-order valence-electron chi connectivity index (χ2n) is 5.75. The topological polar surface area (TPSA) is 41.6 Å². The van der Waals surface area contributed by atoms with Crippen molar-refractivity contribution in [1.29, 1.82) is 0 Å². The average molecular weight is 330 g/mol. The standard InChI is InChI=1S/C20H30N2O2/c1-4-7-8-9-16-24-19-12-10-18(11-13-19)21-20(23)17-22(14-5-2)15-6-3/h5-6,10-13H,2-4,7-9,14-17H2,1H3,(H,21,23). The molecule has 0 bridgehead atoms. The van der Waals surface area contributed by atoms with Crippen LogP contribution < -0.4 is 10.1 Å². The van der Waals surface area contributed by atoms with Crippen molar-refractivity contribution in [3.05, 3.63) is 49.6 Å². The summed E-state index contributed by atoms with van der Waals surface area (Å²) in [6, 6.07) is 7.51. The van der Waals surface area contributed by atoms with Crippen molar-refractivity contribution in [2.45, 2.75) is 32.6 Å². The number of ether oxygens (including phenoxy) is 1. The van der Waals surface area contributed by atoms with E-state index in [-0.39, 0.29) is 5.91 Å². The second kappa shape index (κ2) is 12.4. The maximum atomic E-state index is 12.1. The maximum absolute atomic E-state index is 12.1. The summed E-state index contributed by atoms with van der Waals surface area (Å²) < 4.78 is 5.70. The summed E-state index contributed by atoms with van der Waals surface area (Å²) in [6.45, 7) is 12.0. The Morgan fingerprint density at radius 2 is 1.79 bits per heavy atom. The molecule has 0 saturated heterocycles. The molecule has 24 heavy (non-hydrogen) atoms. The number of amides is 1. The minimum absolute atomic E-state index is 0.0491. The lowest BCUT2D eigenvalue weighted by Crippen LogP contribution is -2.33. The van der Waals surface area contributed by atoms with Gasteiger partial charge in [0.1, 0.15) is 5.75 Å². The fraction of sp³-hybridized carbons (Fsp3) is 0.450. The maximum Gasteiger partial charge on any atom is 0.238 e. The van der Waals surface area contributed by atoms with Gasteiger partial charge in [0.05, 0.1) is 13.2 Å². The normalized spacial score (nSPS) is 10.4. The first-order chi connectivity index (χ1) is 11.7. The van der Waals surface area contributed by atoms with E-state index in [4.69, 9.17) is 4.74 Å². The van der Waals surface area contributed by atoms with E-state index in [0.29, 0.717) is 19.6 Å². The van der Waals surface area contributed by atoms with E-state index in [2.05, 4.69) is 25.4 Å². The Kier molecular flexibility index (Phi) is 10.3. The molecule has 0 aliphatic heterocycles. The highest BCUT2D eigenvalue weighted by atomic mass is 16.5. The molecular formula is C20H30N2O2. The third-order valence-corrected chi connectivity index (χ3v) is 3.55. The smallest absolute Gasteiger partial charge is 0.238 e. The summed E-state index contributed by atoms with van der Waals surface area (Å²) in [5, 5.41) is 2.90. The van der Waals surface area contributed by atoms with Crippen LogP contribution in [0.5, 0.6) is 5.75 Å². The van der Waals surface area contributed by atoms with Crippen LogP contribution in [0, 0.1) is 0 Å². The van der Waals surface area contributed by atoms with Gasteiger partial charge in [-0.15, -0.1) is 13.2 Å². The van der Waals surface area contributed by atoms with E-state index in [9.17, 15) is 4.79 Å². The molecule has 1 aromatic rings. The van der Waals surface area contributed by atoms with Crippen molar-refractivity contribution in [3.8, 4) is 5.75 Å². The Morgan fingerprint density at radius 1 is 1.12 bits per heavy atom. The summed E-state index contributed by atoms with van der Waals surface area (Å²) in [6.07, 6.45) is 8.33. The van der Waals surface area contributed by atoms with Gasteiger partial charge in [0.2, 0.25) is 5.91 Å². The molecule has 0 aliphatic carbocycles. The Bertz CT molecular complexity index is 487. The van der Waals surface area contributed by atoms with Crippen molar-refractivity contribution >= 4 is 11.6 Å². The van der Waals surface area contributed by atoms with E-state index in [1.54, 1.807) is 12.2 Å². The number of nitrogens with one attached hydrogen (secondary N) is 1. The van der Waals surface area contributed by atoms with Crippen LogP contribution in [0.15, 0.2) is 49.6 Å². The van der Waals surface area contributed by atoms with Crippen LogP contribution in [0.25, 0.3) is 0 Å². The van der Waals surface area contributed by atoms with Gasteiger partial charge in [-0.05, 0) is 30.7 Å². The van der Waals surface area contributed by atoms with E-state index >= 15 is 0 Å². The first-order valence-corrected chi connectivity index (χ1v) is 8.66. The number of nitrogens with zero attached hydrogens (tertiary/aromatic N) is 1. The molecule has 0 aliphatic rings. The number of anilines is 1. The van der Waals surface area contributed by atoms with Crippen LogP contribution in [0.2, 0.25) is 0 Å². The number of rotatable bonds is 13. The molecule has 0 atom stereocenters. The molecule has 1 rings (SSSR count). The van der Waals surface area contributed by atoms with Crippen molar-refractivity contribution in [3.63, 3.8) is 0 Å². The molecule has 1 aromatic carbocycles. The molecule has 1 amide bonds. The largest absolute Gasteiger partial charge is 0.494 e. The zero-order valence-electron chi connectivity index (χ0n) is 14.8. The molecule has 4 heteroatoms. The fourth-order valence-corrected chi connectivity index (χ4v) is 2.33. The van der Waals surface area contributed by atoms with E-state index in [1.807, 2.05) is 29.2 Å². The number of carbonyl (C=O) groups excluding carboxylic acids is 1. The summed E-state index contributed by atoms with van der Waals surface area (Å²) in [5.41, 5.74) is 0.774. The van der Waals surface area contributed by atoms with Crippen LogP contribution >= 0.6 is 0 Å². The minimum Gasteiger partial charge on any atom is -0.494 e. The Labute approximate surface area is 146 Å². The zero-order chi connectivity index (χ0) is 17.6. The predicted octanol–water partition coefficient (Wildman–Crippen LogP) is 4.26. The number of hydrogen-bond donors (Lipinski definition) is 1.